The van der Waals surface area contributed by atoms with Crippen molar-refractivity contribution < 1.29 is 18.8 Å². The number of nitrogens with one attached hydrogen (secondary N) is 1. The molecule has 0 aromatic carbocycles. The molecule has 0 saturated carbocycles. The molecule has 6 heteroatoms. The van der Waals surface area contributed by atoms with Crippen molar-refractivity contribution in [2.75, 3.05) is 0 Å². The molecule has 2 rings (SSSR count). The third kappa shape index (κ3) is 2.75. The minimum absolute atomic E-state index is 0.0377. The van der Waals surface area contributed by atoms with E-state index in [1.54, 1.807) is 13.0 Å². The van der Waals surface area contributed by atoms with Crippen molar-refractivity contribution in [3.05, 3.63) is 40.2 Å². The molecule has 2 aromatic rings. The highest BCUT2D eigenvalue weighted by Crippen LogP contribution is 2.22. The summed E-state index contributed by atoms with van der Waals surface area (Å²) in [5.74, 6) is 0.306. The van der Waals surface area contributed by atoms with Crippen LogP contribution in [0.1, 0.15) is 51.9 Å². The Morgan fingerprint density at radius 1 is 1.40 bits per heavy atom. The topological polar surface area (TPSA) is 88.5 Å². The van der Waals surface area contributed by atoms with Gasteiger partial charge < -0.3 is 19.4 Å². The van der Waals surface area contributed by atoms with E-state index in [2.05, 4.69) is 10.5 Å². The maximum absolute atomic E-state index is 10.8. The van der Waals surface area contributed by atoms with E-state index in [0.29, 0.717) is 12.3 Å². The zero-order valence-corrected chi connectivity index (χ0v) is 12.0. The van der Waals surface area contributed by atoms with E-state index < -0.39 is 5.97 Å². The third-order valence-electron chi connectivity index (χ3n) is 3.35. The Kier molecular flexibility index (Phi) is 3.94. The SMILES string of the molecule is Cc1noc(C)c1C(C)NCc1cc(C(=O)O)oc1C. The first-order valence-corrected chi connectivity index (χ1v) is 6.39. The van der Waals surface area contributed by atoms with E-state index in [0.717, 1.165) is 22.6 Å². The third-order valence-corrected chi connectivity index (χ3v) is 3.35. The molecular weight excluding hydrogens is 260 g/mol. The molecule has 0 aliphatic rings. The van der Waals surface area contributed by atoms with E-state index in [-0.39, 0.29) is 11.8 Å². The number of hydrogen-bond donors (Lipinski definition) is 2. The fourth-order valence-electron chi connectivity index (χ4n) is 2.27. The summed E-state index contributed by atoms with van der Waals surface area (Å²) in [6, 6.07) is 1.61. The number of carboxylic acid groups (broad SMARTS) is 1. The van der Waals surface area contributed by atoms with Crippen LogP contribution in [0.2, 0.25) is 0 Å². The van der Waals surface area contributed by atoms with Crippen molar-refractivity contribution in [2.45, 2.75) is 40.3 Å². The molecule has 0 bridgehead atoms. The average molecular weight is 278 g/mol. The summed E-state index contributed by atoms with van der Waals surface area (Å²) in [5, 5.41) is 16.1. The van der Waals surface area contributed by atoms with E-state index in [1.165, 1.54) is 0 Å². The lowest BCUT2D eigenvalue weighted by Gasteiger charge is -2.13. The van der Waals surface area contributed by atoms with Crippen LogP contribution in [0.15, 0.2) is 15.0 Å². The maximum Gasteiger partial charge on any atom is 0.371 e. The number of aromatic nitrogens is 1. The minimum Gasteiger partial charge on any atom is -0.475 e. The molecule has 20 heavy (non-hydrogen) atoms. The Labute approximate surface area is 116 Å². The summed E-state index contributed by atoms with van der Waals surface area (Å²) in [6.07, 6.45) is 0. The standard InChI is InChI=1S/C14H18N2O4/c1-7(13-8(2)16-20-10(13)4)15-6-11-5-12(14(17)18)19-9(11)3/h5,7,15H,6H2,1-4H3,(H,17,18). The number of carboxylic acids is 1. The molecule has 2 aromatic heterocycles. The number of hydrogen-bond acceptors (Lipinski definition) is 5. The van der Waals surface area contributed by atoms with E-state index >= 15 is 0 Å². The summed E-state index contributed by atoms with van der Waals surface area (Å²) in [7, 11) is 0. The van der Waals surface area contributed by atoms with Crippen LogP contribution >= 0.6 is 0 Å². The highest BCUT2D eigenvalue weighted by Gasteiger charge is 2.18. The second kappa shape index (κ2) is 5.50. The Morgan fingerprint density at radius 2 is 2.10 bits per heavy atom. The molecule has 108 valence electrons. The lowest BCUT2D eigenvalue weighted by molar-refractivity contribution is 0.0661. The molecule has 0 amide bonds. The molecule has 0 saturated heterocycles. The molecule has 0 radical (unpaired) electrons. The maximum atomic E-state index is 10.8. The largest absolute Gasteiger partial charge is 0.475 e. The van der Waals surface area contributed by atoms with E-state index in [1.807, 2.05) is 20.8 Å². The monoisotopic (exact) mass is 278 g/mol. The highest BCUT2D eigenvalue weighted by atomic mass is 16.5. The number of rotatable bonds is 5. The number of aromatic carboxylic acids is 1. The van der Waals surface area contributed by atoms with Crippen molar-refractivity contribution >= 4 is 5.97 Å². The van der Waals surface area contributed by atoms with Crippen LogP contribution < -0.4 is 5.32 Å². The second-order valence-electron chi connectivity index (χ2n) is 4.84. The number of furan rings is 1. The van der Waals surface area contributed by atoms with Crippen LogP contribution in [-0.4, -0.2) is 16.2 Å². The first-order chi connectivity index (χ1) is 9.40. The predicted octanol–water partition coefficient (Wildman–Crippen LogP) is 2.74. The van der Waals surface area contributed by atoms with Crippen molar-refractivity contribution in [2.24, 2.45) is 0 Å². The molecule has 0 aliphatic heterocycles. The van der Waals surface area contributed by atoms with Gasteiger partial charge in [0.1, 0.15) is 11.5 Å². The lowest BCUT2D eigenvalue weighted by Crippen LogP contribution is -2.19. The molecule has 6 nitrogen and oxygen atoms in total. The molecule has 0 spiro atoms. The van der Waals surface area contributed by atoms with Crippen LogP contribution in [0, 0.1) is 20.8 Å². The van der Waals surface area contributed by atoms with Crippen LogP contribution in [0.5, 0.6) is 0 Å². The fourth-order valence-corrected chi connectivity index (χ4v) is 2.27. The minimum atomic E-state index is -1.06. The lowest BCUT2D eigenvalue weighted by atomic mass is 10.1. The van der Waals surface area contributed by atoms with Gasteiger partial charge >= 0.3 is 5.97 Å². The number of nitrogens with zero attached hydrogens (tertiary/aromatic N) is 1. The summed E-state index contributed by atoms with van der Waals surface area (Å²) >= 11 is 0. The zero-order chi connectivity index (χ0) is 14.9. The molecule has 1 atom stereocenters. The van der Waals surface area contributed by atoms with Gasteiger partial charge in [-0.25, -0.2) is 4.79 Å². The van der Waals surface area contributed by atoms with Crippen LogP contribution in [0.3, 0.4) is 0 Å². The summed E-state index contributed by atoms with van der Waals surface area (Å²) < 4.78 is 10.3. The van der Waals surface area contributed by atoms with Crippen molar-refractivity contribution in [1.82, 2.24) is 10.5 Å². The van der Waals surface area contributed by atoms with Gasteiger partial charge in [-0.15, -0.1) is 0 Å². The molecule has 0 fully saturated rings. The number of aryl methyl sites for hydroxylation is 3. The quantitative estimate of drug-likeness (QED) is 0.874. The Hall–Kier alpha value is -2.08. The first kappa shape index (κ1) is 14.3. The second-order valence-corrected chi connectivity index (χ2v) is 4.84. The number of carbonyl (C=O) groups is 1. The van der Waals surface area contributed by atoms with Crippen molar-refractivity contribution in [3.8, 4) is 0 Å². The summed E-state index contributed by atoms with van der Waals surface area (Å²) in [5.41, 5.74) is 2.73. The smallest absolute Gasteiger partial charge is 0.371 e. The molecule has 1 unspecified atom stereocenters. The summed E-state index contributed by atoms with van der Waals surface area (Å²) in [6.45, 7) is 8.06. The Bertz CT molecular complexity index is 608. The first-order valence-electron chi connectivity index (χ1n) is 6.39. The fraction of sp³-hybridized carbons (Fsp3) is 0.429. The van der Waals surface area contributed by atoms with Crippen LogP contribution in [-0.2, 0) is 6.54 Å². The Balaban J connectivity index is 2.07. The van der Waals surface area contributed by atoms with Crippen LogP contribution in [0.4, 0.5) is 0 Å². The Morgan fingerprint density at radius 3 is 2.60 bits per heavy atom. The molecule has 2 N–H and O–H groups in total. The van der Waals surface area contributed by atoms with Gasteiger partial charge in [0.25, 0.3) is 0 Å². The zero-order valence-electron chi connectivity index (χ0n) is 12.0. The van der Waals surface area contributed by atoms with Gasteiger partial charge in [-0.3, -0.25) is 0 Å². The summed E-state index contributed by atoms with van der Waals surface area (Å²) in [4.78, 5) is 10.8. The van der Waals surface area contributed by atoms with Crippen molar-refractivity contribution in [3.63, 3.8) is 0 Å². The highest BCUT2D eigenvalue weighted by molar-refractivity contribution is 5.84. The van der Waals surface area contributed by atoms with Gasteiger partial charge in [0.15, 0.2) is 0 Å². The van der Waals surface area contributed by atoms with Gasteiger partial charge in [0.05, 0.1) is 5.69 Å². The molecular formula is C14H18N2O4. The van der Waals surface area contributed by atoms with E-state index in [4.69, 9.17) is 14.0 Å². The van der Waals surface area contributed by atoms with Gasteiger partial charge in [0, 0.05) is 23.7 Å². The molecule has 0 aliphatic carbocycles. The van der Waals surface area contributed by atoms with E-state index in [9.17, 15) is 4.79 Å². The molecule has 2 heterocycles. The van der Waals surface area contributed by atoms with Gasteiger partial charge in [0.2, 0.25) is 5.76 Å². The normalized spacial score (nSPS) is 12.6. The van der Waals surface area contributed by atoms with Gasteiger partial charge in [-0.05, 0) is 33.8 Å². The van der Waals surface area contributed by atoms with Crippen molar-refractivity contribution in [1.29, 1.82) is 0 Å². The van der Waals surface area contributed by atoms with Crippen LogP contribution in [0.25, 0.3) is 0 Å². The average Bonchev–Trinajstić information content (AvgIpc) is 2.90. The van der Waals surface area contributed by atoms with Gasteiger partial charge in [-0.1, -0.05) is 5.16 Å². The predicted molar refractivity (Wildman–Crippen MR) is 71.6 cm³/mol. The van der Waals surface area contributed by atoms with Gasteiger partial charge in [-0.2, -0.15) is 0 Å².